The lowest BCUT2D eigenvalue weighted by Gasteiger charge is -2.04. The van der Waals surface area contributed by atoms with Crippen LogP contribution < -0.4 is 5.32 Å². The second-order valence-electron chi connectivity index (χ2n) is 5.02. The normalized spacial score (nSPS) is 10.5. The number of rotatable bonds is 3. The highest BCUT2D eigenvalue weighted by Gasteiger charge is 2.14. The Morgan fingerprint density at radius 1 is 1.22 bits per heavy atom. The van der Waals surface area contributed by atoms with Crippen molar-refractivity contribution in [2.24, 2.45) is 0 Å². The Balaban J connectivity index is 1.80. The van der Waals surface area contributed by atoms with Gasteiger partial charge in [-0.25, -0.2) is 4.98 Å². The van der Waals surface area contributed by atoms with E-state index in [0.29, 0.717) is 5.13 Å². The molecule has 0 unspecified atom stereocenters. The summed E-state index contributed by atoms with van der Waals surface area (Å²) in [4.78, 5) is 16.7. The Morgan fingerprint density at radius 2 is 1.96 bits per heavy atom. The summed E-state index contributed by atoms with van der Waals surface area (Å²) in [6.07, 6.45) is 0. The minimum Gasteiger partial charge on any atom is -0.507 e. The molecule has 6 heteroatoms. The molecule has 23 heavy (non-hydrogen) atoms. The summed E-state index contributed by atoms with van der Waals surface area (Å²) in [6, 6.07) is 12.7. The van der Waals surface area contributed by atoms with Crippen LogP contribution in [0.2, 0.25) is 0 Å². The third-order valence-corrected chi connectivity index (χ3v) is 4.53. The number of carbonyl (C=O) groups is 1. The van der Waals surface area contributed by atoms with E-state index in [4.69, 9.17) is 0 Å². The molecule has 0 aliphatic carbocycles. The van der Waals surface area contributed by atoms with Gasteiger partial charge in [0.15, 0.2) is 5.13 Å². The van der Waals surface area contributed by atoms with Crippen LogP contribution in [0.25, 0.3) is 11.3 Å². The topological polar surface area (TPSA) is 62.2 Å². The molecule has 0 fully saturated rings. The van der Waals surface area contributed by atoms with E-state index in [1.54, 1.807) is 12.1 Å². The fourth-order valence-corrected chi connectivity index (χ4v) is 3.12. The fraction of sp³-hybridized carbons (Fsp3) is 0.0588. The summed E-state index contributed by atoms with van der Waals surface area (Å²) in [5.74, 6) is -0.463. The van der Waals surface area contributed by atoms with Crippen LogP contribution in [0, 0.1) is 6.92 Å². The minimum absolute atomic E-state index is 0.0685. The maximum atomic E-state index is 12.3. The van der Waals surface area contributed by atoms with Crippen LogP contribution in [-0.4, -0.2) is 16.0 Å². The summed E-state index contributed by atoms with van der Waals surface area (Å²) >= 11 is 4.63. The number of benzene rings is 2. The van der Waals surface area contributed by atoms with E-state index in [9.17, 15) is 9.90 Å². The van der Waals surface area contributed by atoms with Crippen LogP contribution in [-0.2, 0) is 0 Å². The molecule has 0 radical (unpaired) electrons. The van der Waals surface area contributed by atoms with E-state index in [0.717, 1.165) is 15.7 Å². The monoisotopic (exact) mass is 388 g/mol. The molecule has 3 aromatic rings. The minimum atomic E-state index is -0.395. The van der Waals surface area contributed by atoms with E-state index in [1.807, 2.05) is 36.6 Å². The Morgan fingerprint density at radius 3 is 2.70 bits per heavy atom. The highest BCUT2D eigenvalue weighted by atomic mass is 79.9. The van der Waals surface area contributed by atoms with Crippen molar-refractivity contribution in [3.05, 3.63) is 63.4 Å². The molecular weight excluding hydrogens is 376 g/mol. The molecule has 3 rings (SSSR count). The number of aromatic hydroxyl groups is 1. The second-order valence-corrected chi connectivity index (χ2v) is 6.79. The fourth-order valence-electron chi connectivity index (χ4n) is 2.04. The standard InChI is InChI=1S/C17H13BrN2O2S/c1-10-2-4-11(5-3-10)14-9-23-17(19-14)20-16(22)13-8-12(18)6-7-15(13)21/h2-9,21H,1H3,(H,19,20,22). The third kappa shape index (κ3) is 3.60. The van der Waals surface area contributed by atoms with Gasteiger partial charge in [0.25, 0.3) is 5.91 Å². The number of hydrogen-bond acceptors (Lipinski definition) is 4. The first-order valence-corrected chi connectivity index (χ1v) is 8.52. The van der Waals surface area contributed by atoms with Crippen molar-refractivity contribution in [1.82, 2.24) is 4.98 Å². The number of hydrogen-bond donors (Lipinski definition) is 2. The van der Waals surface area contributed by atoms with Crippen LogP contribution in [0.15, 0.2) is 52.3 Å². The summed E-state index contributed by atoms with van der Waals surface area (Å²) < 4.78 is 0.722. The zero-order chi connectivity index (χ0) is 16.4. The van der Waals surface area contributed by atoms with Crippen LogP contribution >= 0.6 is 27.3 Å². The van der Waals surface area contributed by atoms with Crippen LogP contribution in [0.5, 0.6) is 5.75 Å². The zero-order valence-corrected chi connectivity index (χ0v) is 14.6. The smallest absolute Gasteiger partial charge is 0.261 e. The van der Waals surface area contributed by atoms with E-state index in [-0.39, 0.29) is 11.3 Å². The average molecular weight is 389 g/mol. The summed E-state index contributed by atoms with van der Waals surface area (Å²) in [6.45, 7) is 2.03. The maximum absolute atomic E-state index is 12.3. The second kappa shape index (κ2) is 6.52. The largest absolute Gasteiger partial charge is 0.507 e. The molecule has 116 valence electrons. The quantitative estimate of drug-likeness (QED) is 0.674. The van der Waals surface area contributed by atoms with Crippen molar-refractivity contribution in [2.45, 2.75) is 6.92 Å². The first-order valence-electron chi connectivity index (χ1n) is 6.85. The number of halogens is 1. The molecule has 0 spiro atoms. The van der Waals surface area contributed by atoms with Gasteiger partial charge in [-0.05, 0) is 25.1 Å². The molecule has 2 aromatic carbocycles. The SMILES string of the molecule is Cc1ccc(-c2csc(NC(=O)c3cc(Br)ccc3O)n2)cc1. The molecule has 1 aromatic heterocycles. The molecule has 0 aliphatic rings. The molecule has 0 aliphatic heterocycles. The van der Waals surface area contributed by atoms with Gasteiger partial charge in [-0.3, -0.25) is 10.1 Å². The van der Waals surface area contributed by atoms with Gasteiger partial charge >= 0.3 is 0 Å². The van der Waals surface area contributed by atoms with Crippen LogP contribution in [0.3, 0.4) is 0 Å². The zero-order valence-electron chi connectivity index (χ0n) is 12.2. The van der Waals surface area contributed by atoms with Crippen LogP contribution in [0.4, 0.5) is 5.13 Å². The lowest BCUT2D eigenvalue weighted by atomic mass is 10.1. The highest BCUT2D eigenvalue weighted by Crippen LogP contribution is 2.27. The molecule has 0 saturated carbocycles. The van der Waals surface area contributed by atoms with Crippen molar-refractivity contribution in [3.8, 4) is 17.0 Å². The number of phenolic OH excluding ortho intramolecular Hbond substituents is 1. The van der Waals surface area contributed by atoms with Gasteiger partial charge in [0.1, 0.15) is 5.75 Å². The molecule has 0 saturated heterocycles. The van der Waals surface area contributed by atoms with Gasteiger partial charge in [-0.1, -0.05) is 45.8 Å². The Hall–Kier alpha value is -2.18. The van der Waals surface area contributed by atoms with Gasteiger partial charge < -0.3 is 5.11 Å². The van der Waals surface area contributed by atoms with E-state index >= 15 is 0 Å². The molecule has 1 amide bonds. The van der Waals surface area contributed by atoms with Crippen molar-refractivity contribution >= 4 is 38.3 Å². The number of carbonyl (C=O) groups excluding carboxylic acids is 1. The van der Waals surface area contributed by atoms with Crippen molar-refractivity contribution in [3.63, 3.8) is 0 Å². The van der Waals surface area contributed by atoms with Gasteiger partial charge in [-0.15, -0.1) is 11.3 Å². The summed E-state index contributed by atoms with van der Waals surface area (Å²) in [7, 11) is 0. The average Bonchev–Trinajstić information content (AvgIpc) is 2.99. The summed E-state index contributed by atoms with van der Waals surface area (Å²) in [5, 5.41) is 14.9. The van der Waals surface area contributed by atoms with E-state index in [2.05, 4.69) is 26.2 Å². The number of nitrogens with one attached hydrogen (secondary N) is 1. The Bertz CT molecular complexity index is 859. The first-order chi connectivity index (χ1) is 11.0. The third-order valence-electron chi connectivity index (χ3n) is 3.28. The van der Waals surface area contributed by atoms with Gasteiger partial charge in [0.2, 0.25) is 0 Å². The lowest BCUT2D eigenvalue weighted by molar-refractivity contribution is 0.102. The van der Waals surface area contributed by atoms with Crippen molar-refractivity contribution in [2.75, 3.05) is 5.32 Å². The number of thiazole rings is 1. The summed E-state index contributed by atoms with van der Waals surface area (Å²) in [5.41, 5.74) is 3.19. The van der Waals surface area contributed by atoms with E-state index < -0.39 is 5.91 Å². The Labute approximate surface area is 146 Å². The molecule has 2 N–H and O–H groups in total. The molecular formula is C17H13BrN2O2S. The Kier molecular flexibility index (Phi) is 4.45. The first kappa shape index (κ1) is 15.7. The number of aryl methyl sites for hydroxylation is 1. The number of phenols is 1. The maximum Gasteiger partial charge on any atom is 0.261 e. The number of anilines is 1. The lowest BCUT2D eigenvalue weighted by Crippen LogP contribution is -2.11. The van der Waals surface area contributed by atoms with Crippen molar-refractivity contribution < 1.29 is 9.90 Å². The predicted molar refractivity (Wildman–Crippen MR) is 96.0 cm³/mol. The number of amides is 1. The van der Waals surface area contributed by atoms with Gasteiger partial charge in [0, 0.05) is 15.4 Å². The molecule has 0 atom stereocenters. The number of aromatic nitrogens is 1. The molecule has 1 heterocycles. The van der Waals surface area contributed by atoms with Gasteiger partial charge in [-0.2, -0.15) is 0 Å². The predicted octanol–water partition coefficient (Wildman–Crippen LogP) is 4.84. The molecule has 0 bridgehead atoms. The van der Waals surface area contributed by atoms with Crippen LogP contribution in [0.1, 0.15) is 15.9 Å². The van der Waals surface area contributed by atoms with Crippen molar-refractivity contribution in [1.29, 1.82) is 0 Å². The van der Waals surface area contributed by atoms with E-state index in [1.165, 1.54) is 23.0 Å². The molecule has 4 nitrogen and oxygen atoms in total. The number of nitrogens with zero attached hydrogens (tertiary/aromatic N) is 1. The van der Waals surface area contributed by atoms with Gasteiger partial charge in [0.05, 0.1) is 11.3 Å². The highest BCUT2D eigenvalue weighted by molar-refractivity contribution is 9.10.